The van der Waals surface area contributed by atoms with Crippen molar-refractivity contribution in [1.29, 1.82) is 0 Å². The monoisotopic (exact) mass is 510 g/mol. The number of para-hydroxylation sites is 2. The number of anilines is 2. The number of hydrogen-bond acceptors (Lipinski definition) is 7. The van der Waals surface area contributed by atoms with E-state index < -0.39 is 47.3 Å². The van der Waals surface area contributed by atoms with Crippen LogP contribution < -0.4 is 10.2 Å². The molecule has 0 aromatic heterocycles. The highest BCUT2D eigenvalue weighted by atomic mass is 16.6. The molecular formula is C29H38N2O6. The van der Waals surface area contributed by atoms with Gasteiger partial charge in [-0.25, -0.2) is 4.79 Å². The summed E-state index contributed by atoms with van der Waals surface area (Å²) in [6.45, 7) is 10.2. The van der Waals surface area contributed by atoms with Crippen molar-refractivity contribution in [3.8, 4) is 0 Å². The fraction of sp³-hybridized carbons (Fsp3) is 0.586. The van der Waals surface area contributed by atoms with Crippen molar-refractivity contribution < 1.29 is 29.6 Å². The lowest BCUT2D eigenvalue weighted by molar-refractivity contribution is -0.189. The summed E-state index contributed by atoms with van der Waals surface area (Å²) in [7, 11) is 0. The molecule has 8 nitrogen and oxygen atoms in total. The summed E-state index contributed by atoms with van der Waals surface area (Å²) < 4.78 is 6.03. The molecule has 0 radical (unpaired) electrons. The Kier molecular flexibility index (Phi) is 6.09. The lowest BCUT2D eigenvalue weighted by Crippen LogP contribution is -2.66. The molecule has 1 saturated carbocycles. The van der Waals surface area contributed by atoms with E-state index in [0.29, 0.717) is 30.8 Å². The Morgan fingerprint density at radius 2 is 1.92 bits per heavy atom. The Morgan fingerprint density at radius 3 is 2.62 bits per heavy atom. The minimum atomic E-state index is -2.17. The normalized spacial score (nSPS) is 38.3. The second-order valence-electron chi connectivity index (χ2n) is 11.9. The van der Waals surface area contributed by atoms with Gasteiger partial charge in [-0.05, 0) is 53.9 Å². The van der Waals surface area contributed by atoms with Gasteiger partial charge in [-0.2, -0.15) is 0 Å². The molecule has 1 aromatic rings. The number of aliphatic hydroxyl groups excluding tert-OH is 2. The van der Waals surface area contributed by atoms with Gasteiger partial charge in [0, 0.05) is 19.0 Å². The van der Waals surface area contributed by atoms with Crippen LogP contribution in [0.25, 0.3) is 0 Å². The summed E-state index contributed by atoms with van der Waals surface area (Å²) in [5, 5.41) is 37.8. The molecule has 3 aliphatic carbocycles. The van der Waals surface area contributed by atoms with Crippen LogP contribution in [0.5, 0.6) is 0 Å². The molecule has 4 N–H and O–H groups in total. The predicted molar refractivity (Wildman–Crippen MR) is 140 cm³/mol. The molecule has 0 unspecified atom stereocenters. The van der Waals surface area contributed by atoms with Gasteiger partial charge < -0.3 is 25.4 Å². The number of benzene rings is 1. The summed E-state index contributed by atoms with van der Waals surface area (Å²) in [6.07, 6.45) is 0.495. The summed E-state index contributed by atoms with van der Waals surface area (Å²) in [5.41, 5.74) is -1.97. The number of carbonyl (C=O) groups excluding carboxylic acids is 2. The topological polar surface area (TPSA) is 119 Å². The summed E-state index contributed by atoms with van der Waals surface area (Å²) >= 11 is 0. The van der Waals surface area contributed by atoms with Crippen LogP contribution in [0, 0.1) is 28.6 Å². The molecule has 200 valence electrons. The van der Waals surface area contributed by atoms with Crippen molar-refractivity contribution >= 4 is 23.3 Å². The zero-order chi connectivity index (χ0) is 26.9. The molecule has 1 spiro atoms. The number of Topliss-reactive ketones (excluding diaryl/α,β-unsaturated/α-hetero) is 1. The first-order valence-corrected chi connectivity index (χ1v) is 13.2. The number of rotatable bonds is 2. The van der Waals surface area contributed by atoms with E-state index in [4.69, 9.17) is 4.74 Å². The lowest BCUT2D eigenvalue weighted by Gasteiger charge is -2.48. The summed E-state index contributed by atoms with van der Waals surface area (Å²) in [6, 6.07) is 7.39. The Balaban J connectivity index is 1.62. The molecule has 1 heterocycles. The molecule has 37 heavy (non-hydrogen) atoms. The highest BCUT2D eigenvalue weighted by Crippen LogP contribution is 2.62. The first kappa shape index (κ1) is 25.9. The Bertz CT molecular complexity index is 1190. The smallest absolute Gasteiger partial charge is 0.415 e. The number of aliphatic hydroxyl groups is 3. The van der Waals surface area contributed by atoms with Crippen LogP contribution in [0.15, 0.2) is 47.6 Å². The first-order chi connectivity index (χ1) is 17.4. The third kappa shape index (κ3) is 3.38. The molecule has 5 rings (SSSR count). The highest BCUT2D eigenvalue weighted by molar-refractivity contribution is 5.96. The number of nitrogens with zero attached hydrogens (tertiary/aromatic N) is 1. The predicted octanol–water partition coefficient (Wildman–Crippen LogP) is 3.28. The van der Waals surface area contributed by atoms with Gasteiger partial charge in [-0.1, -0.05) is 52.0 Å². The van der Waals surface area contributed by atoms with Gasteiger partial charge in [-0.3, -0.25) is 9.69 Å². The van der Waals surface area contributed by atoms with Gasteiger partial charge >= 0.3 is 6.09 Å². The molecule has 7 atom stereocenters. The number of nitrogens with one attached hydrogen (secondary N) is 1. The van der Waals surface area contributed by atoms with Gasteiger partial charge in [0.1, 0.15) is 6.10 Å². The van der Waals surface area contributed by atoms with Gasteiger partial charge in [0.25, 0.3) is 0 Å². The van der Waals surface area contributed by atoms with E-state index in [0.717, 1.165) is 5.69 Å². The number of ether oxygens (including phenoxy) is 1. The standard InChI is InChI=1S/C29H38N2O6/c1-16-14-28-18(3)12-17(2)27(4,5)20(24(28)34)13-19(15-32)23(33)29(28,36)25(16)37-26(35)31-11-10-30-21-8-6-7-9-22(21)31/h6-9,13-14,17-18,20,23,25,30,32-33,36H,10-12,15H2,1-5H3/t17-,18+,20+,23+,25-,28-,29-/m0/s1. The quantitative estimate of drug-likeness (QED) is 0.451. The van der Waals surface area contributed by atoms with E-state index in [2.05, 4.69) is 12.2 Å². The molecule has 1 amide bonds. The van der Waals surface area contributed by atoms with Crippen molar-refractivity contribution in [3.05, 3.63) is 47.6 Å². The average molecular weight is 511 g/mol. The van der Waals surface area contributed by atoms with Crippen molar-refractivity contribution in [1.82, 2.24) is 0 Å². The Labute approximate surface area is 218 Å². The van der Waals surface area contributed by atoms with Crippen LogP contribution in [-0.2, 0) is 9.53 Å². The van der Waals surface area contributed by atoms with Crippen molar-refractivity contribution in [2.45, 2.75) is 58.8 Å². The minimum Gasteiger partial charge on any atom is -0.438 e. The molecule has 4 aliphatic rings. The first-order valence-electron chi connectivity index (χ1n) is 13.2. The summed E-state index contributed by atoms with van der Waals surface area (Å²) in [5.74, 6) is -1.05. The second-order valence-corrected chi connectivity index (χ2v) is 11.9. The van der Waals surface area contributed by atoms with Crippen LogP contribution in [0.2, 0.25) is 0 Å². The second kappa shape index (κ2) is 8.68. The van der Waals surface area contributed by atoms with E-state index in [1.807, 2.05) is 45.0 Å². The molecule has 8 heteroatoms. The maximum atomic E-state index is 14.5. The van der Waals surface area contributed by atoms with E-state index in [1.165, 1.54) is 4.90 Å². The van der Waals surface area contributed by atoms with Gasteiger partial charge in [0.15, 0.2) is 17.5 Å². The maximum absolute atomic E-state index is 14.5. The van der Waals surface area contributed by atoms with Crippen LogP contribution in [0.4, 0.5) is 16.2 Å². The number of fused-ring (bicyclic) bond motifs is 2. The molecular weight excluding hydrogens is 472 g/mol. The van der Waals surface area contributed by atoms with Gasteiger partial charge in [0.2, 0.25) is 0 Å². The van der Waals surface area contributed by atoms with E-state index >= 15 is 0 Å². The minimum absolute atomic E-state index is 0.124. The lowest BCUT2D eigenvalue weighted by atomic mass is 9.59. The fourth-order valence-electron chi connectivity index (χ4n) is 7.29. The van der Waals surface area contributed by atoms with Crippen LogP contribution in [0.1, 0.15) is 41.0 Å². The molecule has 1 aromatic carbocycles. The van der Waals surface area contributed by atoms with Crippen LogP contribution in [0.3, 0.4) is 0 Å². The SMILES string of the molecule is CC1=C[C@]23C(=O)[C@@H](C=C(CO)[C@@H](O)[C@]2(O)[C@H]1OC(=O)N1CCNc2ccccc21)C(C)(C)[C@@H](C)C[C@H]3C. The van der Waals surface area contributed by atoms with Gasteiger partial charge in [-0.15, -0.1) is 0 Å². The molecule has 1 fully saturated rings. The van der Waals surface area contributed by atoms with Gasteiger partial charge in [0.05, 0.1) is 23.4 Å². The van der Waals surface area contributed by atoms with Crippen molar-refractivity contribution in [2.75, 3.05) is 29.9 Å². The molecule has 0 saturated heterocycles. The van der Waals surface area contributed by atoms with Crippen LogP contribution in [-0.4, -0.2) is 64.7 Å². The third-order valence-electron chi connectivity index (χ3n) is 9.79. The van der Waals surface area contributed by atoms with E-state index in [-0.39, 0.29) is 23.2 Å². The van der Waals surface area contributed by atoms with Crippen molar-refractivity contribution in [2.24, 2.45) is 28.6 Å². The molecule has 1 aliphatic heterocycles. The number of carbonyl (C=O) groups is 2. The van der Waals surface area contributed by atoms with Crippen LogP contribution >= 0.6 is 0 Å². The highest BCUT2D eigenvalue weighted by Gasteiger charge is 2.73. The summed E-state index contributed by atoms with van der Waals surface area (Å²) in [4.78, 5) is 29.6. The maximum Gasteiger partial charge on any atom is 0.415 e. The van der Waals surface area contributed by atoms with E-state index in [9.17, 15) is 24.9 Å². The molecule has 2 bridgehead atoms. The van der Waals surface area contributed by atoms with Crippen molar-refractivity contribution in [3.63, 3.8) is 0 Å². The number of ketones is 1. The Hall–Kier alpha value is -2.68. The zero-order valence-electron chi connectivity index (χ0n) is 22.2. The fourth-order valence-corrected chi connectivity index (χ4v) is 7.29. The Morgan fingerprint density at radius 1 is 1.22 bits per heavy atom. The van der Waals surface area contributed by atoms with E-state index in [1.54, 1.807) is 19.1 Å². The number of allylic oxidation sites excluding steroid dienone is 1. The number of amides is 1. The third-order valence-corrected chi connectivity index (χ3v) is 9.79. The average Bonchev–Trinajstić information content (AvgIpc) is 3.04. The number of hydrogen-bond donors (Lipinski definition) is 4. The largest absolute Gasteiger partial charge is 0.438 e. The zero-order valence-corrected chi connectivity index (χ0v) is 22.2.